The van der Waals surface area contributed by atoms with Gasteiger partial charge >= 0.3 is 11.7 Å². The third-order valence-electron chi connectivity index (χ3n) is 3.08. The maximum Gasteiger partial charge on any atom is 0.328 e. The number of rotatable bonds is 4. The van der Waals surface area contributed by atoms with E-state index in [0.29, 0.717) is 0 Å². The number of carbonyl (C=O) groups is 1. The van der Waals surface area contributed by atoms with Gasteiger partial charge in [0.25, 0.3) is 5.56 Å². The molecule has 1 aromatic carbocycles. The second-order valence-electron chi connectivity index (χ2n) is 4.68. The molecule has 2 aromatic rings. The zero-order valence-electron chi connectivity index (χ0n) is 11.7. The van der Waals surface area contributed by atoms with Crippen molar-refractivity contribution >= 4 is 26.9 Å². The van der Waals surface area contributed by atoms with Crippen molar-refractivity contribution in [3.8, 4) is 0 Å². The van der Waals surface area contributed by atoms with Crippen LogP contribution in [-0.4, -0.2) is 35.1 Å². The van der Waals surface area contributed by atoms with E-state index in [9.17, 15) is 22.8 Å². The summed E-state index contributed by atoms with van der Waals surface area (Å²) in [7, 11) is -2.85. The van der Waals surface area contributed by atoms with Crippen molar-refractivity contribution in [1.82, 2.24) is 14.3 Å². The van der Waals surface area contributed by atoms with Gasteiger partial charge in [0.2, 0.25) is 10.0 Å². The zero-order valence-corrected chi connectivity index (χ0v) is 12.5. The summed E-state index contributed by atoms with van der Waals surface area (Å²) in [6.07, 6.45) is 0. The molecule has 0 amide bonds. The molecular weight excluding hydrogens is 314 g/mol. The molecule has 1 atom stereocenters. The number of hydrogen-bond donors (Lipinski definition) is 3. The molecule has 0 spiro atoms. The van der Waals surface area contributed by atoms with E-state index >= 15 is 0 Å². The van der Waals surface area contributed by atoms with Crippen LogP contribution >= 0.6 is 0 Å². The number of carboxylic acids is 1. The Morgan fingerprint density at radius 3 is 2.59 bits per heavy atom. The van der Waals surface area contributed by atoms with E-state index in [0.717, 1.165) is 10.6 Å². The number of aromatic nitrogens is 2. The predicted octanol–water partition coefficient (Wildman–Crippen LogP) is -1.02. The number of carboxylic acid groups (broad SMARTS) is 1. The average Bonchev–Trinajstić information content (AvgIpc) is 2.44. The maximum atomic E-state index is 12.1. The van der Waals surface area contributed by atoms with Gasteiger partial charge in [-0.3, -0.25) is 14.2 Å². The van der Waals surface area contributed by atoms with Crippen molar-refractivity contribution < 1.29 is 18.3 Å². The van der Waals surface area contributed by atoms with Crippen LogP contribution in [0.25, 0.3) is 10.9 Å². The number of nitrogens with zero attached hydrogens (tertiary/aromatic N) is 1. The fourth-order valence-corrected chi connectivity index (χ4v) is 3.02. The molecule has 0 saturated heterocycles. The number of fused-ring (bicyclic) bond motifs is 1. The van der Waals surface area contributed by atoms with Gasteiger partial charge < -0.3 is 10.1 Å². The molecular formula is C12H13N3O6S. The molecule has 3 N–H and O–H groups in total. The van der Waals surface area contributed by atoms with Gasteiger partial charge in [-0.2, -0.15) is 4.72 Å². The number of benzene rings is 1. The molecule has 0 fully saturated rings. The largest absolute Gasteiger partial charge is 0.480 e. The van der Waals surface area contributed by atoms with Crippen LogP contribution in [0.15, 0.2) is 32.7 Å². The minimum Gasteiger partial charge on any atom is -0.480 e. The van der Waals surface area contributed by atoms with E-state index in [2.05, 4.69) is 4.98 Å². The summed E-state index contributed by atoms with van der Waals surface area (Å²) in [5.41, 5.74) is -1.08. The number of aromatic amines is 1. The van der Waals surface area contributed by atoms with E-state index in [-0.39, 0.29) is 15.8 Å². The van der Waals surface area contributed by atoms with Gasteiger partial charge in [-0.1, -0.05) is 0 Å². The topological polar surface area (TPSA) is 138 Å². The molecule has 0 aliphatic heterocycles. The van der Waals surface area contributed by atoms with Crippen LogP contribution in [0.5, 0.6) is 0 Å². The quantitative estimate of drug-likeness (QED) is 0.657. The lowest BCUT2D eigenvalue weighted by Crippen LogP contribution is -2.38. The summed E-state index contributed by atoms with van der Waals surface area (Å²) in [5, 5.41) is 8.76. The lowest BCUT2D eigenvalue weighted by atomic mass is 10.2. The van der Waals surface area contributed by atoms with Gasteiger partial charge in [0.05, 0.1) is 15.8 Å². The molecule has 0 aliphatic carbocycles. The highest BCUT2D eigenvalue weighted by Gasteiger charge is 2.22. The highest BCUT2D eigenvalue weighted by Crippen LogP contribution is 2.14. The molecule has 0 radical (unpaired) electrons. The number of sulfonamides is 1. The molecule has 0 bridgehead atoms. The zero-order chi connectivity index (χ0) is 16.7. The van der Waals surface area contributed by atoms with Crippen molar-refractivity contribution in [3.05, 3.63) is 39.0 Å². The molecule has 0 aliphatic rings. The van der Waals surface area contributed by atoms with Crippen molar-refractivity contribution in [2.45, 2.75) is 17.9 Å². The summed E-state index contributed by atoms with van der Waals surface area (Å²) in [4.78, 5) is 36.4. The molecule has 22 heavy (non-hydrogen) atoms. The molecule has 1 heterocycles. The molecule has 118 valence electrons. The average molecular weight is 327 g/mol. The summed E-state index contributed by atoms with van der Waals surface area (Å²) in [6.45, 7) is 1.18. The molecule has 9 nitrogen and oxygen atoms in total. The Morgan fingerprint density at radius 1 is 1.36 bits per heavy atom. The first-order valence-corrected chi connectivity index (χ1v) is 7.60. The second kappa shape index (κ2) is 5.39. The van der Waals surface area contributed by atoms with E-state index in [1.807, 2.05) is 4.72 Å². The first kappa shape index (κ1) is 15.9. The Balaban J connectivity index is 2.61. The molecule has 2 rings (SSSR count). The number of hydrogen-bond acceptors (Lipinski definition) is 5. The monoisotopic (exact) mass is 327 g/mol. The highest BCUT2D eigenvalue weighted by atomic mass is 32.2. The van der Waals surface area contributed by atoms with Gasteiger partial charge in [-0.05, 0) is 25.1 Å². The minimum absolute atomic E-state index is 0.00736. The normalized spacial score (nSPS) is 13.2. The van der Waals surface area contributed by atoms with Crippen molar-refractivity contribution in [1.29, 1.82) is 0 Å². The fourth-order valence-electron chi connectivity index (χ4n) is 1.80. The Hall–Kier alpha value is -2.46. The van der Waals surface area contributed by atoms with Crippen LogP contribution in [0.1, 0.15) is 6.92 Å². The van der Waals surface area contributed by atoms with Gasteiger partial charge in [0.15, 0.2) is 0 Å². The third-order valence-corrected chi connectivity index (χ3v) is 4.62. The Bertz CT molecular complexity index is 972. The van der Waals surface area contributed by atoms with Gasteiger partial charge in [0.1, 0.15) is 6.04 Å². The molecule has 10 heteroatoms. The first-order valence-electron chi connectivity index (χ1n) is 6.11. The Kier molecular flexibility index (Phi) is 3.90. The van der Waals surface area contributed by atoms with Gasteiger partial charge in [0, 0.05) is 7.05 Å². The van der Waals surface area contributed by atoms with Crippen molar-refractivity contribution in [2.75, 3.05) is 0 Å². The van der Waals surface area contributed by atoms with E-state index < -0.39 is 33.3 Å². The van der Waals surface area contributed by atoms with Crippen LogP contribution < -0.4 is 16.0 Å². The summed E-state index contributed by atoms with van der Waals surface area (Å²) in [5.74, 6) is -1.33. The highest BCUT2D eigenvalue weighted by molar-refractivity contribution is 7.89. The first-order chi connectivity index (χ1) is 10.1. The van der Waals surface area contributed by atoms with Gasteiger partial charge in [-0.25, -0.2) is 13.2 Å². The lowest BCUT2D eigenvalue weighted by molar-refractivity contribution is -0.138. The molecule has 0 saturated carbocycles. The SMILES string of the molecule is CC(NS(=O)(=O)c1ccc2[nH]c(=O)n(C)c(=O)c2c1)C(=O)O. The van der Waals surface area contributed by atoms with E-state index in [1.54, 1.807) is 0 Å². The maximum absolute atomic E-state index is 12.1. The number of aliphatic carboxylic acids is 1. The fraction of sp³-hybridized carbons (Fsp3) is 0.250. The summed E-state index contributed by atoms with van der Waals surface area (Å²) < 4.78 is 27.0. The second-order valence-corrected chi connectivity index (χ2v) is 6.40. The van der Waals surface area contributed by atoms with E-state index in [4.69, 9.17) is 5.11 Å². The Morgan fingerprint density at radius 2 is 2.00 bits per heavy atom. The van der Waals surface area contributed by atoms with Gasteiger partial charge in [-0.15, -0.1) is 0 Å². The number of H-pyrrole nitrogens is 1. The van der Waals surface area contributed by atoms with E-state index in [1.165, 1.54) is 26.1 Å². The molecule has 1 aromatic heterocycles. The predicted molar refractivity (Wildman–Crippen MR) is 77.2 cm³/mol. The smallest absolute Gasteiger partial charge is 0.328 e. The lowest BCUT2D eigenvalue weighted by Gasteiger charge is -2.10. The van der Waals surface area contributed by atoms with Crippen LogP contribution in [0.2, 0.25) is 0 Å². The minimum atomic E-state index is -4.11. The summed E-state index contributed by atoms with van der Waals surface area (Å²) in [6, 6.07) is 2.22. The van der Waals surface area contributed by atoms with Crippen LogP contribution in [0.3, 0.4) is 0 Å². The summed E-state index contributed by atoms with van der Waals surface area (Å²) >= 11 is 0. The molecule has 1 unspecified atom stereocenters. The van der Waals surface area contributed by atoms with Crippen LogP contribution in [0.4, 0.5) is 0 Å². The number of nitrogens with one attached hydrogen (secondary N) is 2. The van der Waals surface area contributed by atoms with Crippen LogP contribution in [0, 0.1) is 0 Å². The Labute approximate surface area is 124 Å². The van der Waals surface area contributed by atoms with Crippen LogP contribution in [-0.2, 0) is 21.9 Å². The standard InChI is InChI=1S/C12H13N3O6S/c1-6(11(17)18)14-22(20,21)7-3-4-9-8(5-7)10(16)15(2)12(19)13-9/h3-6,14H,1-2H3,(H,13,19)(H,17,18). The van der Waals surface area contributed by atoms with Crippen molar-refractivity contribution in [2.24, 2.45) is 7.05 Å². The van der Waals surface area contributed by atoms with Crippen molar-refractivity contribution in [3.63, 3.8) is 0 Å². The third kappa shape index (κ3) is 2.78.